The zero-order valence-electron chi connectivity index (χ0n) is 14.8. The van der Waals surface area contributed by atoms with E-state index in [1.165, 1.54) is 29.2 Å². The molecule has 2 aromatic carbocycles. The maximum Gasteiger partial charge on any atom is 0.277 e. The van der Waals surface area contributed by atoms with Crippen LogP contribution in [0.3, 0.4) is 0 Å². The highest BCUT2D eigenvalue weighted by molar-refractivity contribution is 6.30. The van der Waals surface area contributed by atoms with Gasteiger partial charge >= 0.3 is 0 Å². The molecule has 2 rings (SSSR count). The van der Waals surface area contributed by atoms with Crippen LogP contribution in [0.25, 0.3) is 0 Å². The Kier molecular flexibility index (Phi) is 7.12. The first-order chi connectivity index (χ1) is 12.3. The predicted octanol–water partition coefficient (Wildman–Crippen LogP) is 1.59. The monoisotopic (exact) mass is 378 g/mol. The molecule has 0 aliphatic heterocycles. The fraction of sp³-hybridized carbons (Fsp3) is 0.263. The molecule has 138 valence electrons. The third-order valence-electron chi connectivity index (χ3n) is 3.81. The summed E-state index contributed by atoms with van der Waals surface area (Å²) in [7, 11) is 3.50. The summed E-state index contributed by atoms with van der Waals surface area (Å²) in [6, 6.07) is 13.0. The van der Waals surface area contributed by atoms with Crippen LogP contribution in [0, 0.1) is 5.82 Å². The lowest BCUT2D eigenvalue weighted by Gasteiger charge is -2.20. The van der Waals surface area contributed by atoms with E-state index < -0.39 is 0 Å². The highest BCUT2D eigenvalue weighted by atomic mass is 35.5. The zero-order chi connectivity index (χ0) is 19.1. The second-order valence-electron chi connectivity index (χ2n) is 6.24. The van der Waals surface area contributed by atoms with Gasteiger partial charge in [-0.05, 0) is 36.4 Å². The summed E-state index contributed by atoms with van der Waals surface area (Å²) >= 11 is 5.86. The maximum atomic E-state index is 12.9. The molecule has 0 saturated carbocycles. The Labute approximate surface area is 157 Å². The normalized spacial score (nSPS) is 11.7. The molecule has 7 heteroatoms. The number of hydrogen-bond donors (Lipinski definition) is 2. The number of quaternary nitrogens is 1. The molecule has 2 N–H and O–H groups in total. The van der Waals surface area contributed by atoms with Crippen molar-refractivity contribution in [2.75, 3.05) is 32.5 Å². The molecule has 1 unspecified atom stereocenters. The summed E-state index contributed by atoms with van der Waals surface area (Å²) in [4.78, 5) is 26.7. The summed E-state index contributed by atoms with van der Waals surface area (Å²) in [5, 5.41) is 3.31. The van der Waals surface area contributed by atoms with Gasteiger partial charge < -0.3 is 15.1 Å². The summed E-state index contributed by atoms with van der Waals surface area (Å²) < 4.78 is 12.9. The molecule has 0 bridgehead atoms. The Morgan fingerprint density at radius 2 is 1.73 bits per heavy atom. The smallest absolute Gasteiger partial charge is 0.277 e. The van der Waals surface area contributed by atoms with Crippen LogP contribution in [0.5, 0.6) is 0 Å². The van der Waals surface area contributed by atoms with E-state index >= 15 is 0 Å². The van der Waals surface area contributed by atoms with Gasteiger partial charge in [-0.1, -0.05) is 23.7 Å². The van der Waals surface area contributed by atoms with E-state index in [1.54, 1.807) is 7.05 Å². The van der Waals surface area contributed by atoms with Crippen molar-refractivity contribution in [2.24, 2.45) is 0 Å². The van der Waals surface area contributed by atoms with Gasteiger partial charge in [0.15, 0.2) is 6.54 Å². The average molecular weight is 379 g/mol. The van der Waals surface area contributed by atoms with Crippen LogP contribution >= 0.6 is 11.6 Å². The third-order valence-corrected chi connectivity index (χ3v) is 4.06. The Hall–Kier alpha value is -2.44. The van der Waals surface area contributed by atoms with Crippen LogP contribution in [0.15, 0.2) is 48.5 Å². The number of anilines is 1. The van der Waals surface area contributed by atoms with Gasteiger partial charge in [0.1, 0.15) is 12.4 Å². The van der Waals surface area contributed by atoms with E-state index in [4.69, 9.17) is 11.6 Å². The lowest BCUT2D eigenvalue weighted by molar-refractivity contribution is -0.885. The third kappa shape index (κ3) is 6.46. The quantitative estimate of drug-likeness (QED) is 0.768. The molecule has 0 spiro atoms. The molecule has 0 radical (unpaired) electrons. The zero-order valence-corrected chi connectivity index (χ0v) is 15.5. The number of carbonyl (C=O) groups is 2. The predicted molar refractivity (Wildman–Crippen MR) is 99.6 cm³/mol. The van der Waals surface area contributed by atoms with E-state index in [2.05, 4.69) is 5.32 Å². The summed E-state index contributed by atoms with van der Waals surface area (Å²) in [5.41, 5.74) is 1.57. The van der Waals surface area contributed by atoms with Crippen molar-refractivity contribution < 1.29 is 18.9 Å². The molecule has 0 fully saturated rings. The van der Waals surface area contributed by atoms with Crippen LogP contribution in [0.4, 0.5) is 10.1 Å². The van der Waals surface area contributed by atoms with Crippen molar-refractivity contribution in [3.8, 4) is 0 Å². The van der Waals surface area contributed by atoms with Crippen molar-refractivity contribution in [2.45, 2.75) is 6.54 Å². The number of amides is 2. The van der Waals surface area contributed by atoms with E-state index in [-0.39, 0.29) is 30.7 Å². The molecule has 26 heavy (non-hydrogen) atoms. The van der Waals surface area contributed by atoms with Gasteiger partial charge in [0, 0.05) is 23.3 Å². The van der Waals surface area contributed by atoms with E-state index in [0.717, 1.165) is 10.5 Å². The topological polar surface area (TPSA) is 53.9 Å². The van der Waals surface area contributed by atoms with Crippen molar-refractivity contribution in [1.82, 2.24) is 4.90 Å². The summed E-state index contributed by atoms with van der Waals surface area (Å²) in [5.74, 6) is -0.837. The van der Waals surface area contributed by atoms with E-state index in [1.807, 2.05) is 31.3 Å². The number of rotatable bonds is 7. The van der Waals surface area contributed by atoms with Crippen LogP contribution in [-0.4, -0.2) is 43.9 Å². The molecular formula is C19H22ClFN3O2+. The molecule has 0 aliphatic carbocycles. The molecule has 0 aliphatic rings. The minimum absolute atomic E-state index is 0.0650. The van der Waals surface area contributed by atoms with Gasteiger partial charge in [-0.2, -0.15) is 0 Å². The molecule has 0 saturated heterocycles. The standard InChI is InChI=1S/C19H21ClFN3O2/c1-23(11-14-3-5-15(20)6-4-14)13-19(26)24(2)12-18(25)22-17-9-7-16(21)8-10-17/h3-10H,11-13H2,1-2H3,(H,22,25)/p+1. The second kappa shape index (κ2) is 9.31. The molecule has 0 aromatic heterocycles. The largest absolute Gasteiger partial charge is 0.332 e. The van der Waals surface area contributed by atoms with E-state index in [9.17, 15) is 14.0 Å². The van der Waals surface area contributed by atoms with Gasteiger partial charge in [0.05, 0.1) is 13.6 Å². The summed E-state index contributed by atoms with van der Waals surface area (Å²) in [6.45, 7) is 0.881. The highest BCUT2D eigenvalue weighted by Gasteiger charge is 2.17. The van der Waals surface area contributed by atoms with Crippen LogP contribution in [0.2, 0.25) is 5.02 Å². The van der Waals surface area contributed by atoms with Crippen molar-refractivity contribution in [3.05, 3.63) is 64.9 Å². The Bertz CT molecular complexity index is 750. The van der Waals surface area contributed by atoms with Gasteiger partial charge in [-0.15, -0.1) is 0 Å². The Morgan fingerprint density at radius 3 is 2.35 bits per heavy atom. The Balaban J connectivity index is 1.79. The number of halogens is 2. The molecule has 0 heterocycles. The lowest BCUT2D eigenvalue weighted by atomic mass is 10.2. The number of hydrogen-bond acceptors (Lipinski definition) is 2. The average Bonchev–Trinajstić information content (AvgIpc) is 2.58. The fourth-order valence-electron chi connectivity index (χ4n) is 2.44. The molecular weight excluding hydrogens is 357 g/mol. The summed E-state index contributed by atoms with van der Waals surface area (Å²) in [6.07, 6.45) is 0. The highest BCUT2D eigenvalue weighted by Crippen LogP contribution is 2.09. The number of nitrogens with one attached hydrogen (secondary N) is 2. The number of benzene rings is 2. The maximum absolute atomic E-state index is 12.9. The SMILES string of the molecule is CN(CC(=O)Nc1ccc(F)cc1)C(=O)C[NH+](C)Cc1ccc(Cl)cc1. The first-order valence-corrected chi connectivity index (χ1v) is 8.56. The number of likely N-dealkylation sites (N-methyl/N-ethyl adjacent to an activating group) is 2. The molecule has 5 nitrogen and oxygen atoms in total. The minimum Gasteiger partial charge on any atom is -0.332 e. The molecule has 1 atom stereocenters. The van der Waals surface area contributed by atoms with Crippen LogP contribution in [0.1, 0.15) is 5.56 Å². The van der Waals surface area contributed by atoms with Gasteiger partial charge in [0.25, 0.3) is 5.91 Å². The van der Waals surface area contributed by atoms with Gasteiger partial charge in [0.2, 0.25) is 5.91 Å². The van der Waals surface area contributed by atoms with Crippen molar-refractivity contribution in [3.63, 3.8) is 0 Å². The number of nitrogens with zero attached hydrogens (tertiary/aromatic N) is 1. The molecule has 2 amide bonds. The first-order valence-electron chi connectivity index (χ1n) is 8.18. The van der Waals surface area contributed by atoms with E-state index in [0.29, 0.717) is 17.3 Å². The van der Waals surface area contributed by atoms with Gasteiger partial charge in [-0.3, -0.25) is 9.59 Å². The van der Waals surface area contributed by atoms with Crippen LogP contribution in [-0.2, 0) is 16.1 Å². The van der Waals surface area contributed by atoms with Crippen molar-refractivity contribution >= 4 is 29.1 Å². The van der Waals surface area contributed by atoms with Gasteiger partial charge in [-0.25, -0.2) is 4.39 Å². The fourth-order valence-corrected chi connectivity index (χ4v) is 2.57. The van der Waals surface area contributed by atoms with Crippen molar-refractivity contribution in [1.29, 1.82) is 0 Å². The lowest BCUT2D eigenvalue weighted by Crippen LogP contribution is -3.08. The van der Waals surface area contributed by atoms with Crippen LogP contribution < -0.4 is 10.2 Å². The Morgan fingerprint density at radius 1 is 1.12 bits per heavy atom. The second-order valence-corrected chi connectivity index (χ2v) is 6.68. The number of carbonyl (C=O) groups excluding carboxylic acids is 2. The minimum atomic E-state index is -0.373. The molecule has 2 aromatic rings. The first kappa shape index (κ1) is 19.9.